The molecule has 44 heavy (non-hydrogen) atoms. The molecule has 14 heteroatoms. The number of rotatable bonds is 7. The van der Waals surface area contributed by atoms with Crippen molar-refractivity contribution in [3.8, 4) is 11.8 Å². The van der Waals surface area contributed by atoms with E-state index >= 15 is 0 Å². The molecule has 4 rings (SSSR count). The first-order valence-electron chi connectivity index (χ1n) is 13.7. The topological polar surface area (TPSA) is 144 Å². The lowest BCUT2D eigenvalue weighted by Gasteiger charge is -2.40. The van der Waals surface area contributed by atoms with Crippen molar-refractivity contribution in [2.45, 2.75) is 50.9 Å². The van der Waals surface area contributed by atoms with Gasteiger partial charge in [0.2, 0.25) is 11.8 Å². The van der Waals surface area contributed by atoms with Crippen LogP contribution in [0.25, 0.3) is 0 Å². The van der Waals surface area contributed by atoms with Gasteiger partial charge < -0.3 is 20.6 Å². The number of benzene rings is 1. The lowest BCUT2D eigenvalue weighted by Crippen LogP contribution is -2.61. The molecule has 0 radical (unpaired) electrons. The monoisotopic (exact) mass is 612 g/mol. The van der Waals surface area contributed by atoms with Gasteiger partial charge in [0.05, 0.1) is 5.71 Å². The number of piperidine rings is 1. The third kappa shape index (κ3) is 6.99. The summed E-state index contributed by atoms with van der Waals surface area (Å²) in [5, 5.41) is 19.5. The number of nitrogens with zero attached hydrogens (tertiary/aromatic N) is 4. The van der Waals surface area contributed by atoms with E-state index in [9.17, 15) is 32.3 Å². The zero-order chi connectivity index (χ0) is 32.3. The van der Waals surface area contributed by atoms with Crippen LogP contribution in [0.5, 0.6) is 0 Å². The van der Waals surface area contributed by atoms with Gasteiger partial charge in [-0.2, -0.15) is 18.3 Å². The summed E-state index contributed by atoms with van der Waals surface area (Å²) < 4.78 is 39.3. The zero-order valence-corrected chi connectivity index (χ0v) is 24.2. The van der Waals surface area contributed by atoms with Crippen molar-refractivity contribution in [2.75, 3.05) is 20.1 Å². The number of carboxylic acid groups (broad SMARTS) is 1. The molecule has 1 saturated heterocycles. The Hall–Kier alpha value is -4.93. The van der Waals surface area contributed by atoms with E-state index in [2.05, 4.69) is 32.6 Å². The molecule has 0 saturated carbocycles. The molecule has 2 aliphatic rings. The highest BCUT2D eigenvalue weighted by Crippen LogP contribution is 2.38. The Morgan fingerprint density at radius 3 is 2.48 bits per heavy atom. The van der Waals surface area contributed by atoms with Crippen LogP contribution >= 0.6 is 0 Å². The second-order valence-electron chi connectivity index (χ2n) is 11.1. The largest absolute Gasteiger partial charge is 0.465 e. The van der Waals surface area contributed by atoms with Crippen molar-refractivity contribution < 1.29 is 37.5 Å². The Labute approximate surface area is 251 Å². The van der Waals surface area contributed by atoms with Crippen LogP contribution in [0, 0.1) is 17.3 Å². The number of aromatic nitrogens is 1. The number of pyridine rings is 1. The van der Waals surface area contributed by atoms with Crippen LogP contribution < -0.4 is 10.6 Å². The SMILES string of the molecule is CN1N=C2CCN(C(=O)C(CC#Cc3cccc(C(F)(F)F)n3)NC(=O)C(C)(C)NC(=O)O)CC2(Cc2ccccc2)C1=O. The molecule has 4 amide bonds. The van der Waals surface area contributed by atoms with Crippen LogP contribution in [-0.2, 0) is 27.0 Å². The first-order valence-corrected chi connectivity index (χ1v) is 13.7. The van der Waals surface area contributed by atoms with Crippen molar-refractivity contribution in [1.82, 2.24) is 25.5 Å². The number of alkyl halides is 3. The van der Waals surface area contributed by atoms with Crippen molar-refractivity contribution in [3.63, 3.8) is 0 Å². The Kier molecular flexibility index (Phi) is 8.98. The summed E-state index contributed by atoms with van der Waals surface area (Å²) in [5.41, 5.74) is -2.58. The average Bonchev–Trinajstić information content (AvgIpc) is 3.20. The van der Waals surface area contributed by atoms with E-state index in [-0.39, 0.29) is 37.5 Å². The number of hydrogen-bond donors (Lipinski definition) is 3. The van der Waals surface area contributed by atoms with E-state index in [0.717, 1.165) is 17.7 Å². The molecule has 2 unspecified atom stereocenters. The molecule has 0 aliphatic carbocycles. The number of halogens is 3. The molecule has 3 heterocycles. The van der Waals surface area contributed by atoms with Crippen molar-refractivity contribution in [3.05, 3.63) is 65.5 Å². The first-order chi connectivity index (χ1) is 20.6. The van der Waals surface area contributed by atoms with Gasteiger partial charge in [0.25, 0.3) is 5.91 Å². The molecule has 2 aromatic rings. The number of carbonyl (C=O) groups is 4. The normalized spacial score (nSPS) is 18.9. The summed E-state index contributed by atoms with van der Waals surface area (Å²) >= 11 is 0. The number of amides is 4. The quantitative estimate of drug-likeness (QED) is 0.410. The van der Waals surface area contributed by atoms with Gasteiger partial charge in [-0.1, -0.05) is 42.3 Å². The molecule has 3 N–H and O–H groups in total. The third-order valence-corrected chi connectivity index (χ3v) is 7.42. The van der Waals surface area contributed by atoms with Gasteiger partial charge in [0.15, 0.2) is 0 Å². The molecule has 2 aliphatic heterocycles. The van der Waals surface area contributed by atoms with Crippen LogP contribution in [-0.4, -0.2) is 81.2 Å². The summed E-state index contributed by atoms with van der Waals surface area (Å²) in [6.45, 7) is 2.76. The molecule has 1 fully saturated rings. The maximum Gasteiger partial charge on any atom is 0.433 e. The Morgan fingerprint density at radius 2 is 1.82 bits per heavy atom. The summed E-state index contributed by atoms with van der Waals surface area (Å²) in [4.78, 5) is 56.7. The minimum atomic E-state index is -4.68. The van der Waals surface area contributed by atoms with Gasteiger partial charge in [0.1, 0.15) is 28.4 Å². The smallest absolute Gasteiger partial charge is 0.433 e. The van der Waals surface area contributed by atoms with Crippen LogP contribution in [0.2, 0.25) is 0 Å². The highest BCUT2D eigenvalue weighted by molar-refractivity contribution is 6.13. The maximum atomic E-state index is 14.0. The van der Waals surface area contributed by atoms with Crippen LogP contribution in [0.1, 0.15) is 43.6 Å². The van der Waals surface area contributed by atoms with Crippen LogP contribution in [0.3, 0.4) is 0 Å². The van der Waals surface area contributed by atoms with Crippen molar-refractivity contribution in [2.24, 2.45) is 10.5 Å². The maximum absolute atomic E-state index is 14.0. The molecular formula is C30H31F3N6O5. The lowest BCUT2D eigenvalue weighted by molar-refractivity contribution is -0.142. The van der Waals surface area contributed by atoms with E-state index in [0.29, 0.717) is 12.1 Å². The number of carbonyl (C=O) groups excluding carboxylic acids is 3. The minimum Gasteiger partial charge on any atom is -0.465 e. The highest BCUT2D eigenvalue weighted by Gasteiger charge is 2.54. The van der Waals surface area contributed by atoms with Crippen LogP contribution in [0.15, 0.2) is 53.6 Å². The van der Waals surface area contributed by atoms with E-state index < -0.39 is 46.8 Å². The second-order valence-corrected chi connectivity index (χ2v) is 11.1. The third-order valence-electron chi connectivity index (χ3n) is 7.42. The van der Waals surface area contributed by atoms with Gasteiger partial charge in [-0.15, -0.1) is 0 Å². The molecule has 2 atom stereocenters. The Bertz CT molecular complexity index is 1550. The minimum absolute atomic E-state index is 0.0332. The number of hydrazone groups is 1. The molecule has 11 nitrogen and oxygen atoms in total. The average molecular weight is 613 g/mol. The summed E-state index contributed by atoms with van der Waals surface area (Å²) in [6.07, 6.45) is -5.89. The molecule has 1 aromatic carbocycles. The molecule has 232 valence electrons. The number of hydrogen-bond acceptors (Lipinski definition) is 6. The Morgan fingerprint density at radius 1 is 1.11 bits per heavy atom. The van der Waals surface area contributed by atoms with Crippen LogP contribution in [0.4, 0.5) is 18.0 Å². The van der Waals surface area contributed by atoms with Gasteiger partial charge in [-0.25, -0.2) is 14.8 Å². The fourth-order valence-corrected chi connectivity index (χ4v) is 5.20. The predicted molar refractivity (Wildman–Crippen MR) is 152 cm³/mol. The standard InChI is InChI=1S/C30H31F3N6O5/c1-28(2,36-27(43)44)25(41)35-21(13-7-11-20-12-8-14-23(34-20)30(31,32)33)24(40)39-16-15-22-29(18-39,26(42)38(3)37-22)17-19-9-5-4-6-10-19/h4-6,8-10,12,14,21,36H,13,15-18H2,1-3H3,(H,35,41)(H,43,44). The van der Waals surface area contributed by atoms with E-state index in [1.807, 2.05) is 30.3 Å². The van der Waals surface area contributed by atoms with Gasteiger partial charge in [-0.05, 0) is 43.9 Å². The summed E-state index contributed by atoms with van der Waals surface area (Å²) in [5.74, 6) is 3.44. The summed E-state index contributed by atoms with van der Waals surface area (Å²) in [6, 6.07) is 11.2. The summed E-state index contributed by atoms with van der Waals surface area (Å²) in [7, 11) is 1.55. The molecule has 0 spiro atoms. The van der Waals surface area contributed by atoms with E-state index in [1.54, 1.807) is 7.05 Å². The first kappa shape index (κ1) is 32.0. The Balaban J connectivity index is 1.62. The van der Waals surface area contributed by atoms with E-state index in [4.69, 9.17) is 5.11 Å². The van der Waals surface area contributed by atoms with E-state index in [1.165, 1.54) is 29.8 Å². The number of likely N-dealkylation sites (tertiary alicyclic amines) is 1. The van der Waals surface area contributed by atoms with Crippen molar-refractivity contribution in [1.29, 1.82) is 0 Å². The predicted octanol–water partition coefficient (Wildman–Crippen LogP) is 2.66. The molecule has 0 bridgehead atoms. The lowest BCUT2D eigenvalue weighted by atomic mass is 9.73. The van der Waals surface area contributed by atoms with Crippen molar-refractivity contribution >= 4 is 29.5 Å². The van der Waals surface area contributed by atoms with Gasteiger partial charge >= 0.3 is 12.3 Å². The fraction of sp³-hybridized carbons (Fsp3) is 0.400. The van der Waals surface area contributed by atoms with Gasteiger partial charge in [0, 0.05) is 33.0 Å². The molecular weight excluding hydrogens is 581 g/mol. The highest BCUT2D eigenvalue weighted by atomic mass is 19.4. The number of nitrogens with one attached hydrogen (secondary N) is 2. The molecule has 1 aromatic heterocycles. The number of fused-ring (bicyclic) bond motifs is 1. The second kappa shape index (κ2) is 12.4. The zero-order valence-electron chi connectivity index (χ0n) is 24.2. The van der Waals surface area contributed by atoms with Gasteiger partial charge in [-0.3, -0.25) is 14.4 Å². The fourth-order valence-electron chi connectivity index (χ4n) is 5.20.